The highest BCUT2D eigenvalue weighted by Crippen LogP contribution is 2.21. The van der Waals surface area contributed by atoms with Gasteiger partial charge in [-0.15, -0.1) is 11.3 Å². The highest BCUT2D eigenvalue weighted by molar-refractivity contribution is 7.11. The van der Waals surface area contributed by atoms with Gasteiger partial charge in [0.1, 0.15) is 0 Å². The molecule has 2 heterocycles. The van der Waals surface area contributed by atoms with Crippen LogP contribution in [0.2, 0.25) is 0 Å². The number of nitrogens with one attached hydrogen (secondary N) is 2. The number of carbonyl (C=O) groups excluding carboxylic acids is 2. The van der Waals surface area contributed by atoms with Crippen LogP contribution in [0.4, 0.5) is 4.79 Å². The summed E-state index contributed by atoms with van der Waals surface area (Å²) in [5.74, 6) is 0.467. The van der Waals surface area contributed by atoms with Crippen molar-refractivity contribution in [3.8, 4) is 0 Å². The molecule has 1 saturated heterocycles. The number of thiazole rings is 1. The van der Waals surface area contributed by atoms with Crippen LogP contribution in [0.3, 0.4) is 0 Å². The van der Waals surface area contributed by atoms with Crippen LogP contribution in [0.15, 0.2) is 0 Å². The molecule has 0 radical (unpaired) electrons. The smallest absolute Gasteiger partial charge is 0.317 e. The molecule has 1 aliphatic rings. The number of amides is 3. The molecule has 7 heteroatoms. The molecular weight excluding hydrogens is 300 g/mol. The van der Waals surface area contributed by atoms with Gasteiger partial charge in [-0.05, 0) is 32.6 Å². The molecule has 6 nitrogen and oxygen atoms in total. The third-order valence-electron chi connectivity index (χ3n) is 4.05. The van der Waals surface area contributed by atoms with Crippen LogP contribution in [-0.2, 0) is 11.3 Å². The molecule has 0 bridgehead atoms. The predicted molar refractivity (Wildman–Crippen MR) is 86.8 cm³/mol. The minimum Gasteiger partial charge on any atom is -0.359 e. The van der Waals surface area contributed by atoms with Gasteiger partial charge in [-0.1, -0.05) is 0 Å². The second-order valence-electron chi connectivity index (χ2n) is 5.71. The van der Waals surface area contributed by atoms with Crippen LogP contribution in [-0.4, -0.2) is 42.0 Å². The largest absolute Gasteiger partial charge is 0.359 e. The van der Waals surface area contributed by atoms with Crippen LogP contribution in [0.5, 0.6) is 0 Å². The number of hydrogen-bond acceptors (Lipinski definition) is 4. The molecule has 1 aliphatic heterocycles. The molecule has 1 aromatic rings. The fourth-order valence-electron chi connectivity index (χ4n) is 2.71. The van der Waals surface area contributed by atoms with E-state index in [1.54, 1.807) is 18.4 Å². The van der Waals surface area contributed by atoms with Crippen molar-refractivity contribution in [1.29, 1.82) is 0 Å². The summed E-state index contributed by atoms with van der Waals surface area (Å²) < 4.78 is 0. The fourth-order valence-corrected chi connectivity index (χ4v) is 3.59. The van der Waals surface area contributed by atoms with Gasteiger partial charge < -0.3 is 15.5 Å². The minimum atomic E-state index is -0.0242. The van der Waals surface area contributed by atoms with E-state index >= 15 is 0 Å². The van der Waals surface area contributed by atoms with Gasteiger partial charge in [0.25, 0.3) is 0 Å². The van der Waals surface area contributed by atoms with E-state index in [4.69, 9.17) is 0 Å². The minimum absolute atomic E-state index is 0.0242. The lowest BCUT2D eigenvalue weighted by molar-refractivity contribution is -0.121. The van der Waals surface area contributed by atoms with Crippen molar-refractivity contribution >= 4 is 23.3 Å². The molecule has 122 valence electrons. The first kappa shape index (κ1) is 16.7. The van der Waals surface area contributed by atoms with Gasteiger partial charge in [0.05, 0.1) is 17.2 Å². The molecule has 0 unspecified atom stereocenters. The molecule has 0 aromatic carbocycles. The highest BCUT2D eigenvalue weighted by atomic mass is 32.1. The summed E-state index contributed by atoms with van der Waals surface area (Å²) in [6.45, 7) is 5.91. The number of nitrogens with zero attached hydrogens (tertiary/aromatic N) is 2. The molecule has 1 aromatic heterocycles. The summed E-state index contributed by atoms with van der Waals surface area (Å²) in [7, 11) is 1.66. The lowest BCUT2D eigenvalue weighted by Gasteiger charge is -2.31. The number of carbonyl (C=O) groups is 2. The van der Waals surface area contributed by atoms with E-state index in [0.29, 0.717) is 32.0 Å². The molecule has 0 spiro atoms. The van der Waals surface area contributed by atoms with Gasteiger partial charge in [-0.25, -0.2) is 9.78 Å². The molecule has 22 heavy (non-hydrogen) atoms. The van der Waals surface area contributed by atoms with Crippen LogP contribution in [0.25, 0.3) is 0 Å². The molecule has 2 N–H and O–H groups in total. The summed E-state index contributed by atoms with van der Waals surface area (Å²) in [6, 6.07) is -0.0242. The summed E-state index contributed by atoms with van der Waals surface area (Å²) >= 11 is 1.62. The Morgan fingerprint density at radius 3 is 2.55 bits per heavy atom. The Bertz CT molecular complexity index is 536. The number of aromatic nitrogens is 1. The number of hydrogen-bond donors (Lipinski definition) is 2. The van der Waals surface area contributed by atoms with Gasteiger partial charge in [0, 0.05) is 31.4 Å². The van der Waals surface area contributed by atoms with Crippen LogP contribution in [0.1, 0.15) is 34.8 Å². The van der Waals surface area contributed by atoms with Crippen LogP contribution < -0.4 is 10.6 Å². The van der Waals surface area contributed by atoms with Gasteiger partial charge in [-0.2, -0.15) is 0 Å². The maximum Gasteiger partial charge on any atom is 0.317 e. The summed E-state index contributed by atoms with van der Waals surface area (Å²) in [6.07, 6.45) is 2.34. The fraction of sp³-hybridized carbons (Fsp3) is 0.667. The molecule has 2 rings (SSSR count). The van der Waals surface area contributed by atoms with E-state index < -0.39 is 0 Å². The first-order valence-electron chi connectivity index (χ1n) is 7.66. The van der Waals surface area contributed by atoms with E-state index in [-0.39, 0.29) is 11.9 Å². The predicted octanol–water partition coefficient (Wildman–Crippen LogP) is 1.82. The second kappa shape index (κ2) is 7.58. The Balaban J connectivity index is 1.75. The molecule has 0 saturated carbocycles. The molecule has 0 aliphatic carbocycles. The third-order valence-corrected chi connectivity index (χ3v) is 5.13. The first-order valence-corrected chi connectivity index (χ1v) is 8.47. The molecule has 3 amide bonds. The quantitative estimate of drug-likeness (QED) is 0.887. The van der Waals surface area contributed by atoms with Crippen molar-refractivity contribution in [2.75, 3.05) is 20.1 Å². The zero-order valence-electron chi connectivity index (χ0n) is 13.4. The number of urea groups is 1. The van der Waals surface area contributed by atoms with Crippen molar-refractivity contribution in [2.24, 2.45) is 5.92 Å². The van der Waals surface area contributed by atoms with Crippen molar-refractivity contribution in [3.05, 3.63) is 15.6 Å². The number of piperidine rings is 1. The normalized spacial score (nSPS) is 15.7. The summed E-state index contributed by atoms with van der Waals surface area (Å²) in [4.78, 5) is 30.9. The maximum absolute atomic E-state index is 12.2. The van der Waals surface area contributed by atoms with Gasteiger partial charge in [-0.3, -0.25) is 4.79 Å². The van der Waals surface area contributed by atoms with Crippen molar-refractivity contribution in [3.63, 3.8) is 0 Å². The van der Waals surface area contributed by atoms with Crippen molar-refractivity contribution in [1.82, 2.24) is 20.5 Å². The standard InChI is InChI=1S/C15H24N4O2S/c1-10-13(22-11(2)18-10)9-17-15(21)19-6-4-12(5-7-19)8-14(20)16-3/h12H,4-9H2,1-3H3,(H,16,20)(H,17,21). The number of likely N-dealkylation sites (tertiary alicyclic amines) is 1. The Hall–Kier alpha value is -1.63. The zero-order chi connectivity index (χ0) is 16.1. The maximum atomic E-state index is 12.2. The Morgan fingerprint density at radius 1 is 1.32 bits per heavy atom. The van der Waals surface area contributed by atoms with Gasteiger partial charge >= 0.3 is 6.03 Å². The van der Waals surface area contributed by atoms with Crippen LogP contribution in [0, 0.1) is 19.8 Å². The van der Waals surface area contributed by atoms with E-state index in [0.717, 1.165) is 28.4 Å². The summed E-state index contributed by atoms with van der Waals surface area (Å²) in [5, 5.41) is 6.65. The lowest BCUT2D eigenvalue weighted by Crippen LogP contribution is -2.44. The Labute approximate surface area is 135 Å². The van der Waals surface area contributed by atoms with E-state index in [1.807, 2.05) is 18.7 Å². The van der Waals surface area contributed by atoms with Gasteiger partial charge in [0.2, 0.25) is 5.91 Å². The third kappa shape index (κ3) is 4.43. The molecular formula is C15H24N4O2S. The van der Waals surface area contributed by atoms with E-state index in [1.165, 1.54) is 0 Å². The lowest BCUT2D eigenvalue weighted by atomic mass is 9.93. The number of aryl methyl sites for hydroxylation is 2. The second-order valence-corrected chi connectivity index (χ2v) is 7.00. The van der Waals surface area contributed by atoms with E-state index in [9.17, 15) is 9.59 Å². The Morgan fingerprint density at radius 2 is 2.00 bits per heavy atom. The van der Waals surface area contributed by atoms with Crippen molar-refractivity contribution < 1.29 is 9.59 Å². The topological polar surface area (TPSA) is 74.3 Å². The molecule has 0 atom stereocenters. The highest BCUT2D eigenvalue weighted by Gasteiger charge is 2.24. The average Bonchev–Trinajstić information content (AvgIpc) is 2.83. The first-order chi connectivity index (χ1) is 10.5. The summed E-state index contributed by atoms with van der Waals surface area (Å²) in [5.41, 5.74) is 0.993. The number of rotatable bonds is 4. The van der Waals surface area contributed by atoms with Crippen LogP contribution >= 0.6 is 11.3 Å². The SMILES string of the molecule is CNC(=O)CC1CCN(C(=O)NCc2sc(C)nc2C)CC1. The average molecular weight is 324 g/mol. The van der Waals surface area contributed by atoms with E-state index in [2.05, 4.69) is 15.6 Å². The monoisotopic (exact) mass is 324 g/mol. The molecule has 1 fully saturated rings. The zero-order valence-corrected chi connectivity index (χ0v) is 14.3. The van der Waals surface area contributed by atoms with Gasteiger partial charge in [0.15, 0.2) is 0 Å². The van der Waals surface area contributed by atoms with Crippen molar-refractivity contribution in [2.45, 2.75) is 39.7 Å². The Kier molecular flexibility index (Phi) is 5.76.